The van der Waals surface area contributed by atoms with E-state index in [1.54, 1.807) is 0 Å². The molecule has 0 saturated carbocycles. The van der Waals surface area contributed by atoms with Crippen molar-refractivity contribution in [3.63, 3.8) is 0 Å². The molecule has 0 aromatic carbocycles. The molecule has 1 aromatic rings. The van der Waals surface area contributed by atoms with E-state index < -0.39 is 46.1 Å². The maximum absolute atomic E-state index is 13.6. The molecule has 11 heteroatoms. The number of pyridine rings is 1. The van der Waals surface area contributed by atoms with Gasteiger partial charge in [0, 0.05) is 32.1 Å². The van der Waals surface area contributed by atoms with E-state index in [-0.39, 0.29) is 18.9 Å². The fourth-order valence-electron chi connectivity index (χ4n) is 2.83. The third-order valence-electron chi connectivity index (χ3n) is 4.01. The lowest BCUT2D eigenvalue weighted by molar-refractivity contribution is -0.168. The maximum atomic E-state index is 13.6. The fraction of sp³-hybridized carbons (Fsp3) is 0.615. The van der Waals surface area contributed by atoms with Gasteiger partial charge in [0.15, 0.2) is 5.82 Å². The van der Waals surface area contributed by atoms with E-state index in [0.717, 1.165) is 0 Å². The van der Waals surface area contributed by atoms with Crippen molar-refractivity contribution >= 4 is 10.0 Å². The predicted molar refractivity (Wildman–Crippen MR) is 73.1 cm³/mol. The largest absolute Gasteiger partial charge is 0.511 e. The molecule has 1 aromatic heterocycles. The van der Waals surface area contributed by atoms with Crippen LogP contribution in [0, 0.1) is 5.82 Å². The van der Waals surface area contributed by atoms with Crippen LogP contribution in [-0.4, -0.2) is 54.6 Å². The Morgan fingerprint density at radius 1 is 1.38 bits per heavy atom. The number of rotatable bonds is 3. The highest BCUT2D eigenvalue weighted by atomic mass is 32.2. The van der Waals surface area contributed by atoms with Crippen LogP contribution in [0.4, 0.5) is 17.6 Å². The number of sulfonamides is 1. The normalized spacial score (nSPS) is 24.6. The van der Waals surface area contributed by atoms with Crippen LogP contribution in [0.1, 0.15) is 12.8 Å². The fourth-order valence-corrected chi connectivity index (χ4v) is 3.94. The topological polar surface area (TPSA) is 68.7 Å². The highest BCUT2D eigenvalue weighted by Gasteiger charge is 2.59. The van der Waals surface area contributed by atoms with Gasteiger partial charge in [0.2, 0.25) is 0 Å². The summed E-state index contributed by atoms with van der Waals surface area (Å²) in [6.07, 6.45) is 1.41. The Balaban J connectivity index is 1.65. The molecular weight excluding hydrogens is 356 g/mol. The molecule has 134 valence electrons. The Morgan fingerprint density at radius 2 is 2.08 bits per heavy atom. The van der Waals surface area contributed by atoms with Gasteiger partial charge in [0.25, 0.3) is 5.88 Å². The molecule has 3 heterocycles. The first-order valence-electron chi connectivity index (χ1n) is 7.11. The van der Waals surface area contributed by atoms with Crippen LogP contribution in [-0.2, 0) is 14.8 Å². The quantitative estimate of drug-likeness (QED) is 0.758. The van der Waals surface area contributed by atoms with E-state index in [2.05, 4.69) is 4.98 Å². The highest BCUT2D eigenvalue weighted by Crippen LogP contribution is 2.40. The number of hydrogen-bond acceptors (Lipinski definition) is 5. The standard InChI is InChI=1S/C13H14F4N2O4S/c14-10-2-1-4-18-11(10)23-9-3-5-22-12(6-9)7-19(8-12)24(20,21)13(15,16)17/h1-2,4,9H,3,5-8H2/t9-/m0/s1. The highest BCUT2D eigenvalue weighted by molar-refractivity contribution is 7.90. The van der Waals surface area contributed by atoms with Crippen molar-refractivity contribution < 1.29 is 35.5 Å². The summed E-state index contributed by atoms with van der Waals surface area (Å²) in [6, 6.07) is 2.58. The van der Waals surface area contributed by atoms with Crippen LogP contribution in [0.15, 0.2) is 18.3 Å². The molecule has 1 atom stereocenters. The average Bonchev–Trinajstić information content (AvgIpc) is 2.46. The van der Waals surface area contributed by atoms with Crippen molar-refractivity contribution in [2.24, 2.45) is 0 Å². The van der Waals surface area contributed by atoms with Gasteiger partial charge in [-0.05, 0) is 12.1 Å². The molecule has 0 unspecified atom stereocenters. The summed E-state index contributed by atoms with van der Waals surface area (Å²) in [4.78, 5) is 3.76. The molecule has 2 aliphatic heterocycles. The van der Waals surface area contributed by atoms with Crippen LogP contribution in [0.3, 0.4) is 0 Å². The molecule has 24 heavy (non-hydrogen) atoms. The molecule has 2 aliphatic rings. The second kappa shape index (κ2) is 5.81. The van der Waals surface area contributed by atoms with Crippen LogP contribution in [0.5, 0.6) is 5.88 Å². The van der Waals surface area contributed by atoms with E-state index in [9.17, 15) is 26.0 Å². The second-order valence-electron chi connectivity index (χ2n) is 5.77. The zero-order valence-corrected chi connectivity index (χ0v) is 13.1. The van der Waals surface area contributed by atoms with Gasteiger partial charge in [-0.3, -0.25) is 0 Å². The number of hydrogen-bond donors (Lipinski definition) is 0. The molecule has 0 radical (unpaired) electrons. The number of halogens is 4. The number of alkyl halides is 3. The van der Waals surface area contributed by atoms with Crippen molar-refractivity contribution in [1.29, 1.82) is 0 Å². The summed E-state index contributed by atoms with van der Waals surface area (Å²) in [5, 5.41) is 0. The minimum absolute atomic E-state index is 0.160. The van der Waals surface area contributed by atoms with Gasteiger partial charge >= 0.3 is 15.5 Å². The number of ether oxygens (including phenoxy) is 2. The SMILES string of the molecule is O=S(=O)(N1CC2(C[C@@H](Oc3ncccc3F)CCO2)C1)C(F)(F)F. The number of nitrogens with zero attached hydrogens (tertiary/aromatic N) is 2. The molecule has 0 bridgehead atoms. The van der Waals surface area contributed by atoms with Gasteiger partial charge in [-0.1, -0.05) is 0 Å². The summed E-state index contributed by atoms with van der Waals surface area (Å²) < 4.78 is 85.0. The predicted octanol–water partition coefficient (Wildman–Crippen LogP) is 1.68. The van der Waals surface area contributed by atoms with Crippen LogP contribution >= 0.6 is 0 Å². The molecule has 0 aliphatic carbocycles. The van der Waals surface area contributed by atoms with E-state index in [0.29, 0.717) is 10.7 Å². The summed E-state index contributed by atoms with van der Waals surface area (Å²) in [7, 11) is -5.36. The summed E-state index contributed by atoms with van der Waals surface area (Å²) in [5.74, 6) is -0.841. The second-order valence-corrected chi connectivity index (χ2v) is 7.70. The Morgan fingerprint density at radius 3 is 2.71 bits per heavy atom. The summed E-state index contributed by atoms with van der Waals surface area (Å²) >= 11 is 0. The van der Waals surface area contributed by atoms with Gasteiger partial charge in [-0.15, -0.1) is 0 Å². The van der Waals surface area contributed by atoms with Crippen LogP contribution in [0.2, 0.25) is 0 Å². The molecule has 6 nitrogen and oxygen atoms in total. The smallest absolute Gasteiger partial charge is 0.472 e. The van der Waals surface area contributed by atoms with E-state index in [1.807, 2.05) is 0 Å². The monoisotopic (exact) mass is 370 g/mol. The Labute approximate surface area is 135 Å². The van der Waals surface area contributed by atoms with E-state index in [4.69, 9.17) is 9.47 Å². The van der Waals surface area contributed by atoms with Gasteiger partial charge in [0.1, 0.15) is 6.10 Å². The average molecular weight is 370 g/mol. The van der Waals surface area contributed by atoms with Crippen molar-refractivity contribution in [2.75, 3.05) is 19.7 Å². The molecule has 3 rings (SSSR count). The van der Waals surface area contributed by atoms with E-state index >= 15 is 0 Å². The number of aromatic nitrogens is 1. The first-order chi connectivity index (χ1) is 11.1. The lowest BCUT2D eigenvalue weighted by Crippen LogP contribution is -2.68. The molecule has 1 spiro atoms. The van der Waals surface area contributed by atoms with Crippen molar-refractivity contribution in [1.82, 2.24) is 9.29 Å². The zero-order valence-electron chi connectivity index (χ0n) is 12.3. The lowest BCUT2D eigenvalue weighted by atomic mass is 9.86. The van der Waals surface area contributed by atoms with Gasteiger partial charge in [0.05, 0.1) is 12.2 Å². The third-order valence-corrected chi connectivity index (χ3v) is 5.54. The lowest BCUT2D eigenvalue weighted by Gasteiger charge is -2.51. The molecular formula is C13H14F4N2O4S. The van der Waals surface area contributed by atoms with Gasteiger partial charge in [-0.25, -0.2) is 17.8 Å². The summed E-state index contributed by atoms with van der Waals surface area (Å²) in [6.45, 7) is -0.627. The van der Waals surface area contributed by atoms with Gasteiger partial charge < -0.3 is 9.47 Å². The van der Waals surface area contributed by atoms with E-state index in [1.165, 1.54) is 18.3 Å². The Hall–Kier alpha value is -1.46. The molecule has 2 saturated heterocycles. The van der Waals surface area contributed by atoms with Gasteiger partial charge in [-0.2, -0.15) is 17.5 Å². The third kappa shape index (κ3) is 3.07. The Kier molecular flexibility index (Phi) is 4.21. The molecule has 0 N–H and O–H groups in total. The first kappa shape index (κ1) is 17.4. The van der Waals surface area contributed by atoms with Crippen molar-refractivity contribution in [2.45, 2.75) is 30.1 Å². The van der Waals surface area contributed by atoms with Crippen molar-refractivity contribution in [3.05, 3.63) is 24.1 Å². The van der Waals surface area contributed by atoms with Crippen LogP contribution < -0.4 is 4.74 Å². The minimum Gasteiger partial charge on any atom is -0.472 e. The molecule has 0 amide bonds. The molecule has 2 fully saturated rings. The Bertz CT molecular complexity index is 719. The zero-order chi connectivity index (χ0) is 17.6. The maximum Gasteiger partial charge on any atom is 0.511 e. The first-order valence-corrected chi connectivity index (χ1v) is 8.55. The summed E-state index contributed by atoms with van der Waals surface area (Å²) in [5.41, 5.74) is -6.37. The van der Waals surface area contributed by atoms with Crippen molar-refractivity contribution in [3.8, 4) is 5.88 Å². The van der Waals surface area contributed by atoms with Crippen LogP contribution in [0.25, 0.3) is 0 Å². The minimum atomic E-state index is -5.36.